The molecule has 0 saturated heterocycles. The van der Waals surface area contributed by atoms with E-state index in [9.17, 15) is 0 Å². The summed E-state index contributed by atoms with van der Waals surface area (Å²) < 4.78 is 0. The molecule has 0 amide bonds. The molecule has 0 aromatic carbocycles. The molecule has 3 nitrogen and oxygen atoms in total. The van der Waals surface area contributed by atoms with Gasteiger partial charge in [-0.1, -0.05) is 0 Å². The molecular weight excluding hydrogens is 234 g/mol. The quantitative estimate of drug-likeness (QED) is 0.877. The molecule has 104 valence electrons. The minimum atomic E-state index is 0.192. The summed E-state index contributed by atoms with van der Waals surface area (Å²) in [5.41, 5.74) is 7.27. The lowest BCUT2D eigenvalue weighted by Gasteiger charge is -2.54. The fourth-order valence-corrected chi connectivity index (χ4v) is 5.39. The lowest BCUT2D eigenvalue weighted by Crippen LogP contribution is -2.43. The third-order valence-corrected chi connectivity index (χ3v) is 5.75. The first kappa shape index (κ1) is 12.0. The molecule has 1 aromatic rings. The van der Waals surface area contributed by atoms with Crippen LogP contribution in [0, 0.1) is 23.7 Å². The maximum Gasteiger partial charge on any atom is 0.107 e. The van der Waals surface area contributed by atoms with Crippen molar-refractivity contribution in [3.63, 3.8) is 0 Å². The van der Waals surface area contributed by atoms with Gasteiger partial charge in [0, 0.05) is 30.3 Å². The van der Waals surface area contributed by atoms with Crippen LogP contribution in [0.1, 0.15) is 56.5 Å². The van der Waals surface area contributed by atoms with Crippen molar-refractivity contribution in [1.29, 1.82) is 0 Å². The van der Waals surface area contributed by atoms with E-state index < -0.39 is 0 Å². The van der Waals surface area contributed by atoms with E-state index in [0.717, 1.165) is 41.8 Å². The van der Waals surface area contributed by atoms with E-state index in [1.807, 2.05) is 6.92 Å². The second-order valence-electron chi connectivity index (χ2n) is 7.42. The standard InChI is InChI=1S/C16H25N3/c1-9(17)2-15-18-8-14(19-15)16-12-4-10-3-11(6-12)7-13(16)5-10/h8-13,16H,2-7,17H2,1H3,(H,18,19). The van der Waals surface area contributed by atoms with Gasteiger partial charge in [-0.3, -0.25) is 0 Å². The van der Waals surface area contributed by atoms with Crippen LogP contribution in [0.4, 0.5) is 0 Å². The Kier molecular flexibility index (Phi) is 2.73. The van der Waals surface area contributed by atoms with Gasteiger partial charge < -0.3 is 10.7 Å². The molecule has 4 aliphatic carbocycles. The molecule has 1 unspecified atom stereocenters. The molecule has 1 atom stereocenters. The first-order valence-electron chi connectivity index (χ1n) is 7.98. The number of nitrogens with zero attached hydrogens (tertiary/aromatic N) is 1. The Morgan fingerprint density at radius 1 is 1.21 bits per heavy atom. The Bertz CT molecular complexity index is 434. The van der Waals surface area contributed by atoms with Gasteiger partial charge in [-0.25, -0.2) is 4.98 Å². The average Bonchev–Trinajstić information content (AvgIpc) is 2.75. The number of H-pyrrole nitrogens is 1. The summed E-state index contributed by atoms with van der Waals surface area (Å²) in [7, 11) is 0. The summed E-state index contributed by atoms with van der Waals surface area (Å²) in [6.45, 7) is 2.05. The number of hydrogen-bond donors (Lipinski definition) is 2. The largest absolute Gasteiger partial charge is 0.346 e. The van der Waals surface area contributed by atoms with Crippen molar-refractivity contribution in [3.8, 4) is 0 Å². The molecule has 3 heteroatoms. The first-order chi connectivity index (χ1) is 9.19. The molecule has 3 N–H and O–H groups in total. The maximum absolute atomic E-state index is 5.87. The van der Waals surface area contributed by atoms with E-state index in [-0.39, 0.29) is 6.04 Å². The molecule has 1 heterocycles. The number of nitrogens with one attached hydrogen (secondary N) is 1. The van der Waals surface area contributed by atoms with Crippen LogP contribution in [-0.2, 0) is 6.42 Å². The highest BCUT2D eigenvalue weighted by Gasteiger charge is 2.49. The number of imidazole rings is 1. The number of aromatic amines is 1. The number of nitrogens with two attached hydrogens (primary N) is 1. The van der Waals surface area contributed by atoms with Crippen molar-refractivity contribution in [2.75, 3.05) is 0 Å². The summed E-state index contributed by atoms with van der Waals surface area (Å²) in [5, 5.41) is 0. The van der Waals surface area contributed by atoms with E-state index in [2.05, 4.69) is 16.2 Å². The molecule has 0 spiro atoms. The fourth-order valence-electron chi connectivity index (χ4n) is 5.39. The molecule has 1 aromatic heterocycles. The second-order valence-corrected chi connectivity index (χ2v) is 7.42. The van der Waals surface area contributed by atoms with Crippen LogP contribution in [-0.4, -0.2) is 16.0 Å². The number of rotatable bonds is 3. The highest BCUT2D eigenvalue weighted by atomic mass is 14.9. The Morgan fingerprint density at radius 3 is 2.42 bits per heavy atom. The first-order valence-corrected chi connectivity index (χ1v) is 7.98. The predicted octanol–water partition coefficient (Wildman–Crippen LogP) is 2.84. The van der Waals surface area contributed by atoms with Crippen molar-refractivity contribution >= 4 is 0 Å². The molecule has 4 saturated carbocycles. The van der Waals surface area contributed by atoms with Crippen molar-refractivity contribution < 1.29 is 0 Å². The van der Waals surface area contributed by atoms with Crippen molar-refractivity contribution in [2.45, 2.75) is 57.4 Å². The van der Waals surface area contributed by atoms with Crippen LogP contribution in [0.3, 0.4) is 0 Å². The normalized spacial score (nSPS) is 41.7. The topological polar surface area (TPSA) is 54.7 Å². The van der Waals surface area contributed by atoms with Gasteiger partial charge in [0.2, 0.25) is 0 Å². The van der Waals surface area contributed by atoms with Gasteiger partial charge in [0.1, 0.15) is 5.82 Å². The molecule has 19 heavy (non-hydrogen) atoms. The van der Waals surface area contributed by atoms with Gasteiger partial charge in [0.05, 0.1) is 0 Å². The number of hydrogen-bond acceptors (Lipinski definition) is 2. The third kappa shape index (κ3) is 2.03. The van der Waals surface area contributed by atoms with Crippen molar-refractivity contribution in [2.24, 2.45) is 29.4 Å². The van der Waals surface area contributed by atoms with Gasteiger partial charge in [0.15, 0.2) is 0 Å². The summed E-state index contributed by atoms with van der Waals surface area (Å²) in [6, 6.07) is 0.192. The Labute approximate surface area is 115 Å². The highest BCUT2D eigenvalue weighted by molar-refractivity contribution is 5.16. The van der Waals surface area contributed by atoms with Crippen LogP contribution >= 0.6 is 0 Å². The second kappa shape index (κ2) is 4.34. The van der Waals surface area contributed by atoms with Crippen molar-refractivity contribution in [3.05, 3.63) is 17.7 Å². The predicted molar refractivity (Wildman–Crippen MR) is 75.7 cm³/mol. The van der Waals surface area contributed by atoms with E-state index >= 15 is 0 Å². The molecule has 5 rings (SSSR count). The summed E-state index contributed by atoms with van der Waals surface area (Å²) >= 11 is 0. The zero-order valence-electron chi connectivity index (χ0n) is 11.8. The molecule has 4 aliphatic rings. The summed E-state index contributed by atoms with van der Waals surface area (Å²) in [5.74, 6) is 5.80. The molecule has 0 radical (unpaired) electrons. The SMILES string of the molecule is CC(N)Cc1ncc(C2C3CC4CC(C3)CC2C4)[nH]1. The summed E-state index contributed by atoms with van der Waals surface area (Å²) in [4.78, 5) is 8.13. The van der Waals surface area contributed by atoms with E-state index in [1.54, 1.807) is 0 Å². The van der Waals surface area contributed by atoms with Gasteiger partial charge in [-0.2, -0.15) is 0 Å². The average molecular weight is 259 g/mol. The zero-order chi connectivity index (χ0) is 13.0. The van der Waals surface area contributed by atoms with Gasteiger partial charge in [-0.15, -0.1) is 0 Å². The molecule has 0 aliphatic heterocycles. The van der Waals surface area contributed by atoms with E-state index in [4.69, 9.17) is 5.73 Å². The Hall–Kier alpha value is -0.830. The highest BCUT2D eigenvalue weighted by Crippen LogP contribution is 2.59. The van der Waals surface area contributed by atoms with Crippen LogP contribution in [0.25, 0.3) is 0 Å². The molecule has 4 bridgehead atoms. The fraction of sp³-hybridized carbons (Fsp3) is 0.812. The van der Waals surface area contributed by atoms with Crippen LogP contribution in [0.15, 0.2) is 6.20 Å². The minimum absolute atomic E-state index is 0.192. The monoisotopic (exact) mass is 259 g/mol. The van der Waals surface area contributed by atoms with Gasteiger partial charge in [0.25, 0.3) is 0 Å². The lowest BCUT2D eigenvalue weighted by atomic mass is 9.51. The Morgan fingerprint density at radius 2 is 1.84 bits per heavy atom. The van der Waals surface area contributed by atoms with Crippen molar-refractivity contribution in [1.82, 2.24) is 9.97 Å². The van der Waals surface area contributed by atoms with E-state index in [0.29, 0.717) is 0 Å². The molecule has 4 fully saturated rings. The van der Waals surface area contributed by atoms with Crippen LogP contribution < -0.4 is 5.73 Å². The molecular formula is C16H25N3. The number of aromatic nitrogens is 2. The Balaban J connectivity index is 1.57. The van der Waals surface area contributed by atoms with Gasteiger partial charge >= 0.3 is 0 Å². The minimum Gasteiger partial charge on any atom is -0.346 e. The maximum atomic E-state index is 5.87. The van der Waals surface area contributed by atoms with Crippen LogP contribution in [0.5, 0.6) is 0 Å². The smallest absolute Gasteiger partial charge is 0.107 e. The summed E-state index contributed by atoms with van der Waals surface area (Å²) in [6.07, 6.45) is 10.4. The van der Waals surface area contributed by atoms with E-state index in [1.165, 1.54) is 37.8 Å². The lowest BCUT2D eigenvalue weighted by molar-refractivity contribution is -0.00405. The third-order valence-electron chi connectivity index (χ3n) is 5.75. The van der Waals surface area contributed by atoms with Gasteiger partial charge in [-0.05, 0) is 62.7 Å². The van der Waals surface area contributed by atoms with Crippen LogP contribution in [0.2, 0.25) is 0 Å². The zero-order valence-corrected chi connectivity index (χ0v) is 11.8.